The molecule has 1 unspecified atom stereocenters. The number of nitrogens with two attached hydrogens (primary N) is 2. The summed E-state index contributed by atoms with van der Waals surface area (Å²) in [5, 5.41) is 24.2. The van der Waals surface area contributed by atoms with Gasteiger partial charge in [-0.05, 0) is 13.0 Å². The molecule has 2 aromatic rings. The molecule has 13 nitrogen and oxygen atoms in total. The number of β-lactam (4-membered cyclic amide) rings is 1. The first-order valence-corrected chi connectivity index (χ1v) is 14.0. The van der Waals surface area contributed by atoms with E-state index in [0.717, 1.165) is 26.7 Å². The smallest absolute Gasteiger partial charge is 0.353 e. The van der Waals surface area contributed by atoms with Gasteiger partial charge in [-0.25, -0.2) is 9.78 Å². The molecule has 7 N–H and O–H groups in total. The summed E-state index contributed by atoms with van der Waals surface area (Å²) < 4.78 is 5.64. The van der Waals surface area contributed by atoms with Crippen LogP contribution in [0.5, 0.6) is 0 Å². The number of halogens is 1. The largest absolute Gasteiger partial charge is 0.477 e. The molecule has 2 aliphatic rings. The number of nitrogen functional groups attached to an aromatic ring is 1. The number of carboxylic acids is 1. The van der Waals surface area contributed by atoms with Gasteiger partial charge in [-0.1, -0.05) is 39.9 Å². The van der Waals surface area contributed by atoms with Crippen LogP contribution in [-0.2, 0) is 25.7 Å². The Kier molecular flexibility index (Phi) is 8.79. The Labute approximate surface area is 233 Å². The number of carbonyl (C=O) groups is 3. The van der Waals surface area contributed by atoms with E-state index in [0.29, 0.717) is 11.5 Å². The fraction of sp³-hybridized carbons (Fsp3) is 0.333. The standard InChI is InChI=1S/C21H22ClN7O6S3/c1-8(23)5-35-6-9-4-25-3-2-10(9)37-11-7-36-19-14(18(31)29(19)15(11)20(32)33)26-17(30)13(28-34)12-16(22)38-21(24)27-12/h2-4,8,14,19,34H,5-7,23H2,1H3,(H2,24,27)(H,26,30)(H,32,33)/b28-13-/t8?,14-,19+/m1/s1. The molecule has 4 heterocycles. The van der Waals surface area contributed by atoms with Crippen molar-refractivity contribution in [3.63, 3.8) is 0 Å². The average molecular weight is 600 g/mol. The maximum Gasteiger partial charge on any atom is 0.353 e. The summed E-state index contributed by atoms with van der Waals surface area (Å²) >= 11 is 9.40. The molecule has 4 rings (SSSR count). The van der Waals surface area contributed by atoms with Crippen molar-refractivity contribution in [2.24, 2.45) is 10.9 Å². The molecule has 1 fully saturated rings. The third kappa shape index (κ3) is 5.74. The molecular formula is C21H22ClN7O6S3. The molecule has 38 heavy (non-hydrogen) atoms. The van der Waals surface area contributed by atoms with Crippen molar-refractivity contribution < 1.29 is 29.4 Å². The average Bonchev–Trinajstić information content (AvgIpc) is 3.20. The molecule has 0 aliphatic carbocycles. The second kappa shape index (κ2) is 11.9. The molecule has 2 aliphatic heterocycles. The second-order valence-corrected chi connectivity index (χ2v) is 12.0. The number of hydrogen-bond donors (Lipinski definition) is 5. The number of carbonyl (C=O) groups excluding carboxylic acids is 2. The van der Waals surface area contributed by atoms with Gasteiger partial charge < -0.3 is 31.8 Å². The number of anilines is 1. The lowest BCUT2D eigenvalue weighted by Gasteiger charge is -2.49. The molecule has 202 valence electrons. The van der Waals surface area contributed by atoms with Crippen LogP contribution in [0.1, 0.15) is 18.2 Å². The molecule has 0 spiro atoms. The lowest BCUT2D eigenvalue weighted by Crippen LogP contribution is -2.71. The number of oxime groups is 1. The maximum atomic E-state index is 13.0. The number of aromatic nitrogens is 2. The highest BCUT2D eigenvalue weighted by atomic mass is 35.5. The molecule has 2 aromatic heterocycles. The van der Waals surface area contributed by atoms with Gasteiger partial charge in [0.15, 0.2) is 10.8 Å². The molecule has 2 amide bonds. The number of thiazole rings is 1. The van der Waals surface area contributed by atoms with Crippen LogP contribution in [-0.4, -0.2) is 78.5 Å². The van der Waals surface area contributed by atoms with Crippen LogP contribution in [0.25, 0.3) is 0 Å². The van der Waals surface area contributed by atoms with Crippen molar-refractivity contribution in [1.82, 2.24) is 20.2 Å². The topological polar surface area (TPSA) is 206 Å². The van der Waals surface area contributed by atoms with E-state index in [4.69, 9.17) is 27.8 Å². The number of carboxylic acid groups (broad SMARTS) is 1. The molecule has 0 aromatic carbocycles. The number of pyridine rings is 1. The lowest BCUT2D eigenvalue weighted by molar-refractivity contribution is -0.150. The van der Waals surface area contributed by atoms with Crippen LogP contribution in [0.4, 0.5) is 5.13 Å². The van der Waals surface area contributed by atoms with Crippen molar-refractivity contribution in [3.8, 4) is 0 Å². The first-order valence-electron chi connectivity index (χ1n) is 10.9. The summed E-state index contributed by atoms with van der Waals surface area (Å²) in [5.74, 6) is -2.54. The van der Waals surface area contributed by atoms with Crippen LogP contribution < -0.4 is 16.8 Å². The van der Waals surface area contributed by atoms with E-state index in [1.807, 2.05) is 6.92 Å². The first-order chi connectivity index (χ1) is 18.1. The van der Waals surface area contributed by atoms with Crippen molar-refractivity contribution in [2.75, 3.05) is 18.1 Å². The summed E-state index contributed by atoms with van der Waals surface area (Å²) in [6, 6.07) is 0.548. The quantitative estimate of drug-likeness (QED) is 0.113. The third-order valence-electron chi connectivity index (χ3n) is 5.29. The predicted octanol–water partition coefficient (Wildman–Crippen LogP) is 1.30. The molecule has 1 saturated heterocycles. The molecule has 0 saturated carbocycles. The lowest BCUT2D eigenvalue weighted by atomic mass is 10.0. The van der Waals surface area contributed by atoms with Crippen molar-refractivity contribution in [1.29, 1.82) is 0 Å². The van der Waals surface area contributed by atoms with Crippen molar-refractivity contribution >= 4 is 75.1 Å². The van der Waals surface area contributed by atoms with Gasteiger partial charge in [-0.3, -0.25) is 19.5 Å². The molecule has 3 atom stereocenters. The zero-order valence-corrected chi connectivity index (χ0v) is 22.9. The summed E-state index contributed by atoms with van der Waals surface area (Å²) in [5.41, 5.74) is 11.3. The Morgan fingerprint density at radius 3 is 2.87 bits per heavy atom. The van der Waals surface area contributed by atoms with Crippen molar-refractivity contribution in [2.45, 2.75) is 35.9 Å². The van der Waals surface area contributed by atoms with E-state index in [-0.39, 0.29) is 39.3 Å². The fourth-order valence-electron chi connectivity index (χ4n) is 3.65. The minimum atomic E-state index is -1.28. The summed E-state index contributed by atoms with van der Waals surface area (Å²) in [6.45, 7) is 2.41. The zero-order valence-electron chi connectivity index (χ0n) is 19.7. The van der Waals surface area contributed by atoms with Gasteiger partial charge in [0, 0.05) is 39.6 Å². The normalized spacial score (nSPS) is 20.1. The number of nitrogens with zero attached hydrogens (tertiary/aromatic N) is 4. The van der Waals surface area contributed by atoms with E-state index in [9.17, 15) is 24.7 Å². The Morgan fingerprint density at radius 1 is 1.47 bits per heavy atom. The summed E-state index contributed by atoms with van der Waals surface area (Å²) in [6.07, 6.45) is 3.21. The van der Waals surface area contributed by atoms with Gasteiger partial charge in [0.05, 0.1) is 13.2 Å². The fourth-order valence-corrected chi connectivity index (χ4v) is 7.13. The van der Waals surface area contributed by atoms with Gasteiger partial charge in [-0.15, -0.1) is 11.8 Å². The molecule has 0 radical (unpaired) electrons. The number of fused-ring (bicyclic) bond motifs is 1. The Hall–Kier alpha value is -2.89. The number of nitrogens with one attached hydrogen (secondary N) is 1. The monoisotopic (exact) mass is 599 g/mol. The SMILES string of the molecule is CC(N)COCc1cnccc1SC1=C(C(=O)O)N2C(=O)[C@@H](NC(=O)/C(=N\O)c3nc(N)sc3Cl)[C@@H]2SC1. The molecule has 0 bridgehead atoms. The Balaban J connectivity index is 1.51. The predicted molar refractivity (Wildman–Crippen MR) is 143 cm³/mol. The van der Waals surface area contributed by atoms with E-state index in [2.05, 4.69) is 20.4 Å². The van der Waals surface area contributed by atoms with Gasteiger partial charge in [0.2, 0.25) is 0 Å². The maximum absolute atomic E-state index is 13.0. The highest BCUT2D eigenvalue weighted by Crippen LogP contribution is 2.45. The van der Waals surface area contributed by atoms with Gasteiger partial charge >= 0.3 is 5.97 Å². The number of thioether (sulfide) groups is 2. The Morgan fingerprint density at radius 2 is 2.24 bits per heavy atom. The number of rotatable bonds is 10. The number of amides is 2. The Bertz CT molecular complexity index is 1330. The van der Waals surface area contributed by atoms with E-state index in [1.165, 1.54) is 23.5 Å². The summed E-state index contributed by atoms with van der Waals surface area (Å²) in [7, 11) is 0. The minimum Gasteiger partial charge on any atom is -0.477 e. The van der Waals surface area contributed by atoms with E-state index in [1.54, 1.807) is 18.5 Å². The van der Waals surface area contributed by atoms with Crippen LogP contribution >= 0.6 is 46.5 Å². The van der Waals surface area contributed by atoms with E-state index >= 15 is 0 Å². The first kappa shape index (κ1) is 28.1. The number of ether oxygens (including phenoxy) is 1. The highest BCUT2D eigenvalue weighted by molar-refractivity contribution is 8.06. The second-order valence-electron chi connectivity index (χ2n) is 8.14. The zero-order chi connectivity index (χ0) is 27.6. The van der Waals surface area contributed by atoms with Gasteiger partial charge in [0.1, 0.15) is 27.1 Å². The summed E-state index contributed by atoms with van der Waals surface area (Å²) in [4.78, 5) is 48.3. The number of aliphatic carboxylic acids is 1. The minimum absolute atomic E-state index is 0.0373. The third-order valence-corrected chi connectivity index (χ3v) is 9.04. The number of hydrogen-bond acceptors (Lipinski definition) is 13. The van der Waals surface area contributed by atoms with Crippen LogP contribution in [0, 0.1) is 0 Å². The van der Waals surface area contributed by atoms with E-state index < -0.39 is 34.9 Å². The van der Waals surface area contributed by atoms with Crippen LogP contribution in [0.2, 0.25) is 4.34 Å². The van der Waals surface area contributed by atoms with Gasteiger partial charge in [0.25, 0.3) is 11.8 Å². The van der Waals surface area contributed by atoms with Crippen molar-refractivity contribution in [3.05, 3.63) is 44.7 Å². The van der Waals surface area contributed by atoms with Crippen LogP contribution in [0.15, 0.2) is 39.1 Å². The molecular weight excluding hydrogens is 578 g/mol. The highest BCUT2D eigenvalue weighted by Gasteiger charge is 2.54. The van der Waals surface area contributed by atoms with Gasteiger partial charge in [-0.2, -0.15) is 0 Å². The van der Waals surface area contributed by atoms with Crippen LogP contribution in [0.3, 0.4) is 0 Å². The molecule has 17 heteroatoms.